The number of nitrogens with zero attached hydrogens (tertiary/aromatic N) is 5. The largest absolute Gasteiger partial charge is 0.370 e. The van der Waals surface area contributed by atoms with Crippen molar-refractivity contribution < 1.29 is 9.53 Å². The van der Waals surface area contributed by atoms with E-state index in [2.05, 4.69) is 37.8 Å². The van der Waals surface area contributed by atoms with Crippen LogP contribution in [0, 0.1) is 5.92 Å². The second kappa shape index (κ2) is 10.7. The topological polar surface area (TPSA) is 85.9 Å². The third kappa shape index (κ3) is 5.20. The lowest BCUT2D eigenvalue weighted by Crippen LogP contribution is -2.59. The first-order valence-corrected chi connectivity index (χ1v) is 14.7. The minimum atomic E-state index is -0.209. The maximum Gasteiger partial charge on any atom is 0.320 e. The number of piperazine rings is 1. The quantitative estimate of drug-likeness (QED) is 0.541. The summed E-state index contributed by atoms with van der Waals surface area (Å²) in [6.45, 7) is 4.38. The van der Waals surface area contributed by atoms with Crippen LogP contribution in [0.4, 0.5) is 10.6 Å². The van der Waals surface area contributed by atoms with Crippen LogP contribution in [0.25, 0.3) is 0 Å². The number of fused-ring (bicyclic) bond motifs is 1. The lowest BCUT2D eigenvalue weighted by Gasteiger charge is -2.43. The molecule has 2 saturated carbocycles. The Bertz CT molecular complexity index is 1190. The summed E-state index contributed by atoms with van der Waals surface area (Å²) in [6, 6.07) is 5.01. The van der Waals surface area contributed by atoms with E-state index >= 15 is 0 Å². The van der Waals surface area contributed by atoms with Gasteiger partial charge in [-0.2, -0.15) is 0 Å². The standard InChI is InChI=1S/C28H37Cl2N7O2/c1-17(25-21(29)14-31-15-22(25)30)39-19-5-6-23-20(12-19)26(34-33-23)18-4-7-24(32-13-18)36-10-11-37(27(38)35(2)3)28(16-36)8-9-28/h4,7,13-15,17,19-20,23,26,33-34H,5-6,8-12,16H2,1-3H3/t17-,19?,20?,23?,26?/m1/s1. The van der Waals surface area contributed by atoms with E-state index in [1.54, 1.807) is 17.3 Å². The van der Waals surface area contributed by atoms with Gasteiger partial charge >= 0.3 is 6.03 Å². The van der Waals surface area contributed by atoms with Gasteiger partial charge in [-0.1, -0.05) is 29.3 Å². The third-order valence-corrected chi connectivity index (χ3v) is 9.55. The van der Waals surface area contributed by atoms with Crippen LogP contribution in [-0.4, -0.2) is 77.2 Å². The van der Waals surface area contributed by atoms with E-state index in [-0.39, 0.29) is 29.8 Å². The Labute approximate surface area is 240 Å². The number of pyridine rings is 2. The number of aromatic nitrogens is 2. The Morgan fingerprint density at radius 3 is 2.56 bits per heavy atom. The summed E-state index contributed by atoms with van der Waals surface area (Å²) in [5.74, 6) is 1.37. The van der Waals surface area contributed by atoms with Gasteiger partial charge in [0.25, 0.3) is 0 Å². The fourth-order valence-corrected chi connectivity index (χ4v) is 7.36. The number of halogens is 2. The average molecular weight is 575 g/mol. The van der Waals surface area contributed by atoms with Crippen molar-refractivity contribution in [2.24, 2.45) is 5.92 Å². The summed E-state index contributed by atoms with van der Waals surface area (Å²) in [6.07, 6.45) is 10.2. The molecule has 11 heteroatoms. The van der Waals surface area contributed by atoms with Crippen molar-refractivity contribution in [3.05, 3.63) is 51.9 Å². The van der Waals surface area contributed by atoms with E-state index < -0.39 is 0 Å². The number of hydrogen-bond acceptors (Lipinski definition) is 7. The maximum atomic E-state index is 12.7. The zero-order valence-electron chi connectivity index (χ0n) is 22.7. The molecule has 0 aromatic carbocycles. The fraction of sp³-hybridized carbons (Fsp3) is 0.607. The Morgan fingerprint density at radius 1 is 1.13 bits per heavy atom. The van der Waals surface area contributed by atoms with Crippen LogP contribution in [0.2, 0.25) is 10.0 Å². The highest BCUT2D eigenvalue weighted by atomic mass is 35.5. The minimum Gasteiger partial charge on any atom is -0.370 e. The number of carbonyl (C=O) groups is 1. The van der Waals surface area contributed by atoms with Gasteiger partial charge in [-0.25, -0.2) is 15.2 Å². The molecule has 4 fully saturated rings. The normalized spacial score (nSPS) is 28.3. The van der Waals surface area contributed by atoms with Gasteiger partial charge in [-0.05, 0) is 56.6 Å². The van der Waals surface area contributed by atoms with E-state index in [0.717, 1.165) is 63.1 Å². The molecule has 6 rings (SSSR count). The van der Waals surface area contributed by atoms with Crippen molar-refractivity contribution >= 4 is 35.1 Å². The minimum absolute atomic E-state index is 0.0386. The molecule has 0 bridgehead atoms. The lowest BCUT2D eigenvalue weighted by molar-refractivity contribution is -0.0370. The van der Waals surface area contributed by atoms with Crippen molar-refractivity contribution in [1.82, 2.24) is 30.6 Å². The van der Waals surface area contributed by atoms with E-state index in [1.807, 2.05) is 27.2 Å². The molecule has 2 aromatic heterocycles. The highest BCUT2D eigenvalue weighted by molar-refractivity contribution is 6.35. The van der Waals surface area contributed by atoms with Gasteiger partial charge in [-0.15, -0.1) is 0 Å². The SMILES string of the molecule is C[C@@H](OC1CCC2NNC(c3ccc(N4CCN(C(=O)N(C)C)C5(CC5)C4)nc3)C2C1)c1c(Cl)cncc1Cl. The molecule has 2 N–H and O–H groups in total. The molecule has 2 aliphatic heterocycles. The summed E-state index contributed by atoms with van der Waals surface area (Å²) in [7, 11) is 3.66. The molecular formula is C28H37Cl2N7O2. The third-order valence-electron chi connectivity index (χ3n) is 8.94. The van der Waals surface area contributed by atoms with Gasteiger partial charge in [0, 0.05) is 63.9 Å². The van der Waals surface area contributed by atoms with Gasteiger partial charge in [0.05, 0.1) is 33.8 Å². The predicted molar refractivity (Wildman–Crippen MR) is 152 cm³/mol. The highest BCUT2D eigenvalue weighted by Gasteiger charge is 2.53. The van der Waals surface area contributed by atoms with Crippen molar-refractivity contribution in [3.63, 3.8) is 0 Å². The molecule has 4 aliphatic rings. The van der Waals surface area contributed by atoms with Gasteiger partial charge in [-0.3, -0.25) is 10.4 Å². The number of nitrogens with one attached hydrogen (secondary N) is 2. The van der Waals surface area contributed by atoms with Crippen LogP contribution in [-0.2, 0) is 4.74 Å². The molecular weight excluding hydrogens is 537 g/mol. The van der Waals surface area contributed by atoms with Crippen LogP contribution in [0.5, 0.6) is 0 Å². The second-order valence-corrected chi connectivity index (χ2v) is 12.5. The lowest BCUT2D eigenvalue weighted by atomic mass is 9.78. The van der Waals surface area contributed by atoms with Gasteiger partial charge in [0.2, 0.25) is 0 Å². The number of hydrazine groups is 1. The molecule has 2 aromatic rings. The summed E-state index contributed by atoms with van der Waals surface area (Å²) >= 11 is 12.8. The van der Waals surface area contributed by atoms with Gasteiger partial charge in [0.1, 0.15) is 5.82 Å². The number of amides is 2. The monoisotopic (exact) mass is 573 g/mol. The first-order valence-electron chi connectivity index (χ1n) is 13.9. The summed E-state index contributed by atoms with van der Waals surface area (Å²) < 4.78 is 6.49. The number of carbonyl (C=O) groups excluding carboxylic acids is 1. The molecule has 9 nitrogen and oxygen atoms in total. The van der Waals surface area contributed by atoms with Crippen molar-refractivity contribution in [3.8, 4) is 0 Å². The first-order chi connectivity index (χ1) is 18.8. The van der Waals surface area contributed by atoms with Crippen LogP contribution >= 0.6 is 23.2 Å². The molecule has 4 heterocycles. The summed E-state index contributed by atoms with van der Waals surface area (Å²) in [5, 5.41) is 1.07. The number of ether oxygens (including phenoxy) is 1. The summed E-state index contributed by atoms with van der Waals surface area (Å²) in [4.78, 5) is 27.7. The maximum absolute atomic E-state index is 12.7. The Kier molecular flexibility index (Phi) is 7.39. The number of hydrogen-bond donors (Lipinski definition) is 2. The zero-order chi connectivity index (χ0) is 27.3. The molecule has 4 unspecified atom stereocenters. The van der Waals surface area contributed by atoms with Crippen molar-refractivity contribution in [2.45, 2.75) is 68.9 Å². The Balaban J connectivity index is 1.10. The van der Waals surface area contributed by atoms with Crippen molar-refractivity contribution in [1.29, 1.82) is 0 Å². The van der Waals surface area contributed by atoms with Crippen LogP contribution in [0.1, 0.15) is 62.3 Å². The number of rotatable bonds is 5. The van der Waals surface area contributed by atoms with E-state index in [0.29, 0.717) is 22.0 Å². The van der Waals surface area contributed by atoms with E-state index in [4.69, 9.17) is 32.9 Å². The zero-order valence-corrected chi connectivity index (χ0v) is 24.3. The number of urea groups is 1. The fourth-order valence-electron chi connectivity index (χ4n) is 6.69. The molecule has 1 spiro atoms. The van der Waals surface area contributed by atoms with E-state index in [1.165, 1.54) is 5.56 Å². The number of anilines is 1. The van der Waals surface area contributed by atoms with E-state index in [9.17, 15) is 4.79 Å². The molecule has 5 atom stereocenters. The molecule has 210 valence electrons. The molecule has 0 radical (unpaired) electrons. The first kappa shape index (κ1) is 27.0. The van der Waals surface area contributed by atoms with Crippen LogP contribution in [0.3, 0.4) is 0 Å². The van der Waals surface area contributed by atoms with Gasteiger partial charge < -0.3 is 19.4 Å². The van der Waals surface area contributed by atoms with Gasteiger partial charge in [0.15, 0.2) is 0 Å². The molecule has 2 amide bonds. The predicted octanol–water partition coefficient (Wildman–Crippen LogP) is 4.58. The molecule has 2 aliphatic carbocycles. The van der Waals surface area contributed by atoms with Crippen LogP contribution < -0.4 is 15.8 Å². The molecule has 2 saturated heterocycles. The smallest absolute Gasteiger partial charge is 0.320 e. The van der Waals surface area contributed by atoms with Crippen molar-refractivity contribution in [2.75, 3.05) is 38.6 Å². The van der Waals surface area contributed by atoms with Crippen LogP contribution in [0.15, 0.2) is 30.7 Å². The second-order valence-electron chi connectivity index (χ2n) is 11.7. The average Bonchev–Trinajstić information content (AvgIpc) is 3.55. The summed E-state index contributed by atoms with van der Waals surface area (Å²) in [5.41, 5.74) is 8.99. The molecule has 39 heavy (non-hydrogen) atoms. The highest BCUT2D eigenvalue weighted by Crippen LogP contribution is 2.46. The Hall–Kier alpha value is -2.17. The Morgan fingerprint density at radius 2 is 1.90 bits per heavy atom.